The third-order valence-corrected chi connectivity index (χ3v) is 4.15. The van der Waals surface area contributed by atoms with Crippen molar-refractivity contribution in [2.75, 3.05) is 0 Å². The fourth-order valence-electron chi connectivity index (χ4n) is 2.48. The van der Waals surface area contributed by atoms with Crippen LogP contribution in [0.3, 0.4) is 0 Å². The molecule has 112 valence electrons. The molecule has 1 atom stereocenters. The van der Waals surface area contributed by atoms with E-state index in [4.69, 9.17) is 4.74 Å². The monoisotopic (exact) mass is 276 g/mol. The van der Waals surface area contributed by atoms with E-state index in [0.29, 0.717) is 5.56 Å². The van der Waals surface area contributed by atoms with E-state index in [1.165, 1.54) is 12.8 Å². The van der Waals surface area contributed by atoms with Gasteiger partial charge >= 0.3 is 5.97 Å². The van der Waals surface area contributed by atoms with Crippen molar-refractivity contribution < 1.29 is 9.53 Å². The molecule has 1 aromatic carbocycles. The van der Waals surface area contributed by atoms with Crippen molar-refractivity contribution in [3.05, 3.63) is 35.4 Å². The second-order valence-corrected chi connectivity index (χ2v) is 5.51. The standard InChI is InChI=1S/C18H28O2/c1-5-15(6-2)12-13-16(7-3)20-18(19)17-11-9-8-10-14(17)4/h8-11,15-16H,5-7,12-13H2,1-4H3. The summed E-state index contributed by atoms with van der Waals surface area (Å²) in [5, 5.41) is 0. The Kier molecular flexibility index (Phi) is 7.35. The van der Waals surface area contributed by atoms with Gasteiger partial charge in [0.15, 0.2) is 0 Å². The minimum Gasteiger partial charge on any atom is -0.459 e. The predicted octanol–water partition coefficient (Wildman–Crippen LogP) is 5.15. The van der Waals surface area contributed by atoms with Crippen LogP contribution in [-0.2, 0) is 4.74 Å². The minimum absolute atomic E-state index is 0.0442. The molecule has 0 aromatic heterocycles. The molecule has 20 heavy (non-hydrogen) atoms. The Morgan fingerprint density at radius 2 is 1.70 bits per heavy atom. The Balaban J connectivity index is 2.56. The number of carbonyl (C=O) groups excluding carboxylic acids is 1. The number of esters is 1. The van der Waals surface area contributed by atoms with Gasteiger partial charge in [-0.05, 0) is 43.7 Å². The number of benzene rings is 1. The van der Waals surface area contributed by atoms with Gasteiger partial charge in [0.2, 0.25) is 0 Å². The molecule has 1 rings (SSSR count). The van der Waals surface area contributed by atoms with E-state index in [0.717, 1.165) is 30.7 Å². The molecule has 0 bridgehead atoms. The van der Waals surface area contributed by atoms with E-state index in [1.54, 1.807) is 0 Å². The SMILES string of the molecule is CCC(CC)CCC(CC)OC(=O)c1ccccc1C. The fourth-order valence-corrected chi connectivity index (χ4v) is 2.48. The highest BCUT2D eigenvalue weighted by atomic mass is 16.5. The molecule has 2 heteroatoms. The number of hydrogen-bond acceptors (Lipinski definition) is 2. The van der Waals surface area contributed by atoms with Crippen molar-refractivity contribution in [3.8, 4) is 0 Å². The topological polar surface area (TPSA) is 26.3 Å². The zero-order valence-electron chi connectivity index (χ0n) is 13.3. The molecule has 0 amide bonds. The first-order chi connectivity index (χ1) is 9.62. The van der Waals surface area contributed by atoms with Crippen molar-refractivity contribution in [3.63, 3.8) is 0 Å². The number of ether oxygens (including phenoxy) is 1. The van der Waals surface area contributed by atoms with Gasteiger partial charge in [-0.25, -0.2) is 4.79 Å². The van der Waals surface area contributed by atoms with Crippen molar-refractivity contribution in [1.29, 1.82) is 0 Å². The second-order valence-electron chi connectivity index (χ2n) is 5.51. The summed E-state index contributed by atoms with van der Waals surface area (Å²) in [6.07, 6.45) is 5.46. The first-order valence-corrected chi connectivity index (χ1v) is 7.88. The van der Waals surface area contributed by atoms with Crippen LogP contribution in [0.25, 0.3) is 0 Å². The van der Waals surface area contributed by atoms with Crippen LogP contribution in [0.5, 0.6) is 0 Å². The van der Waals surface area contributed by atoms with Gasteiger partial charge in [-0.2, -0.15) is 0 Å². The highest BCUT2D eigenvalue weighted by molar-refractivity contribution is 5.91. The summed E-state index contributed by atoms with van der Waals surface area (Å²) in [6.45, 7) is 8.49. The summed E-state index contributed by atoms with van der Waals surface area (Å²) in [7, 11) is 0. The molecule has 2 nitrogen and oxygen atoms in total. The summed E-state index contributed by atoms with van der Waals surface area (Å²) >= 11 is 0. The molecule has 0 spiro atoms. The molecule has 1 aromatic rings. The lowest BCUT2D eigenvalue weighted by molar-refractivity contribution is 0.0256. The van der Waals surface area contributed by atoms with Crippen LogP contribution in [0.1, 0.15) is 68.8 Å². The predicted molar refractivity (Wildman–Crippen MR) is 84.0 cm³/mol. The summed E-state index contributed by atoms with van der Waals surface area (Å²) < 4.78 is 5.67. The number of rotatable bonds is 8. The number of hydrogen-bond donors (Lipinski definition) is 0. The van der Waals surface area contributed by atoms with Crippen molar-refractivity contribution in [1.82, 2.24) is 0 Å². The third kappa shape index (κ3) is 4.99. The molecule has 0 aliphatic rings. The van der Waals surface area contributed by atoms with Gasteiger partial charge in [-0.15, -0.1) is 0 Å². The van der Waals surface area contributed by atoms with E-state index in [9.17, 15) is 4.79 Å². The highest BCUT2D eigenvalue weighted by Gasteiger charge is 2.17. The Hall–Kier alpha value is -1.31. The van der Waals surface area contributed by atoms with Crippen molar-refractivity contribution in [2.45, 2.75) is 65.9 Å². The maximum atomic E-state index is 12.2. The number of aryl methyl sites for hydroxylation is 1. The molecular weight excluding hydrogens is 248 g/mol. The van der Waals surface area contributed by atoms with Gasteiger partial charge in [0, 0.05) is 0 Å². The molecule has 0 N–H and O–H groups in total. The Morgan fingerprint density at radius 1 is 1.05 bits per heavy atom. The normalized spacial score (nSPS) is 12.4. The van der Waals surface area contributed by atoms with Crippen LogP contribution in [0.4, 0.5) is 0 Å². The van der Waals surface area contributed by atoms with Crippen molar-refractivity contribution >= 4 is 5.97 Å². The molecule has 0 aliphatic carbocycles. The second kappa shape index (κ2) is 8.78. The fraction of sp³-hybridized carbons (Fsp3) is 0.611. The molecule has 0 fully saturated rings. The van der Waals surface area contributed by atoms with Gasteiger partial charge in [0.25, 0.3) is 0 Å². The van der Waals surface area contributed by atoms with Crippen LogP contribution in [0.2, 0.25) is 0 Å². The average Bonchev–Trinajstić information content (AvgIpc) is 2.47. The van der Waals surface area contributed by atoms with E-state index < -0.39 is 0 Å². The van der Waals surface area contributed by atoms with Crippen LogP contribution < -0.4 is 0 Å². The van der Waals surface area contributed by atoms with Crippen LogP contribution in [-0.4, -0.2) is 12.1 Å². The lowest BCUT2D eigenvalue weighted by Crippen LogP contribution is -2.19. The van der Waals surface area contributed by atoms with Crippen LogP contribution >= 0.6 is 0 Å². The zero-order chi connectivity index (χ0) is 15.0. The van der Waals surface area contributed by atoms with Gasteiger partial charge in [-0.3, -0.25) is 0 Å². The third-order valence-electron chi connectivity index (χ3n) is 4.15. The first-order valence-electron chi connectivity index (χ1n) is 7.88. The van der Waals surface area contributed by atoms with Crippen LogP contribution in [0.15, 0.2) is 24.3 Å². The van der Waals surface area contributed by atoms with Gasteiger partial charge in [0.05, 0.1) is 5.56 Å². The maximum Gasteiger partial charge on any atom is 0.338 e. The Morgan fingerprint density at radius 3 is 2.25 bits per heavy atom. The van der Waals surface area contributed by atoms with Gasteiger partial charge in [0.1, 0.15) is 6.10 Å². The molecule has 0 aliphatic heterocycles. The van der Waals surface area contributed by atoms with Crippen LogP contribution in [0, 0.1) is 12.8 Å². The lowest BCUT2D eigenvalue weighted by Gasteiger charge is -2.19. The average molecular weight is 276 g/mol. The smallest absolute Gasteiger partial charge is 0.338 e. The van der Waals surface area contributed by atoms with E-state index in [2.05, 4.69) is 20.8 Å². The summed E-state index contributed by atoms with van der Waals surface area (Å²) in [5.41, 5.74) is 1.67. The number of carbonyl (C=O) groups is 1. The summed E-state index contributed by atoms with van der Waals surface area (Å²) in [4.78, 5) is 12.2. The quantitative estimate of drug-likeness (QED) is 0.614. The Bertz CT molecular complexity index is 408. The summed E-state index contributed by atoms with van der Waals surface area (Å²) in [6, 6.07) is 7.61. The molecule has 0 heterocycles. The molecular formula is C18H28O2. The Labute approximate surface area is 123 Å². The van der Waals surface area contributed by atoms with E-state index >= 15 is 0 Å². The molecule has 0 saturated carbocycles. The van der Waals surface area contributed by atoms with E-state index in [1.807, 2.05) is 31.2 Å². The van der Waals surface area contributed by atoms with E-state index in [-0.39, 0.29) is 12.1 Å². The molecule has 0 saturated heterocycles. The molecule has 1 unspecified atom stereocenters. The lowest BCUT2D eigenvalue weighted by atomic mass is 9.95. The minimum atomic E-state index is -0.181. The first kappa shape index (κ1) is 16.7. The maximum absolute atomic E-state index is 12.2. The largest absolute Gasteiger partial charge is 0.459 e. The van der Waals surface area contributed by atoms with Gasteiger partial charge in [-0.1, -0.05) is 51.8 Å². The summed E-state index contributed by atoms with van der Waals surface area (Å²) in [5.74, 6) is 0.570. The van der Waals surface area contributed by atoms with Gasteiger partial charge < -0.3 is 4.74 Å². The molecule has 0 radical (unpaired) electrons. The zero-order valence-corrected chi connectivity index (χ0v) is 13.3. The van der Waals surface area contributed by atoms with Crippen molar-refractivity contribution in [2.24, 2.45) is 5.92 Å². The highest BCUT2D eigenvalue weighted by Crippen LogP contribution is 2.20.